The van der Waals surface area contributed by atoms with Crippen LogP contribution in [0.25, 0.3) is 10.9 Å². The molecule has 3 aromatic rings. The van der Waals surface area contributed by atoms with Crippen LogP contribution in [0.1, 0.15) is 24.5 Å². The fourth-order valence-corrected chi connectivity index (χ4v) is 5.91. The molecule has 0 bridgehead atoms. The number of morpholine rings is 1. The average molecular weight is 539 g/mol. The molecule has 7 nitrogen and oxygen atoms in total. The van der Waals surface area contributed by atoms with Gasteiger partial charge < -0.3 is 23.8 Å². The first-order chi connectivity index (χ1) is 18.4. The third-order valence-electron chi connectivity index (χ3n) is 7.92. The number of likely N-dealkylation sites (N-methyl/N-ethyl adjacent to an activating group) is 1. The maximum absolute atomic E-state index is 13.5. The van der Waals surface area contributed by atoms with Gasteiger partial charge in [0.05, 0.1) is 18.5 Å². The number of fused-ring (bicyclic) bond motifs is 1. The van der Waals surface area contributed by atoms with Gasteiger partial charge in [-0.2, -0.15) is 0 Å². The molecular formula is C30H39ClN4O3. The topological polar surface area (TPSA) is 50.2 Å². The highest BCUT2D eigenvalue weighted by molar-refractivity contribution is 6.30. The first-order valence-electron chi connectivity index (χ1n) is 13.6. The lowest BCUT2D eigenvalue weighted by atomic mass is 9.96. The summed E-state index contributed by atoms with van der Waals surface area (Å²) < 4.78 is 14.9. The molecule has 38 heavy (non-hydrogen) atoms. The van der Waals surface area contributed by atoms with Crippen molar-refractivity contribution in [3.63, 3.8) is 0 Å². The predicted octanol–water partition coefficient (Wildman–Crippen LogP) is 4.21. The van der Waals surface area contributed by atoms with Gasteiger partial charge in [-0.1, -0.05) is 36.7 Å². The molecule has 1 amide bonds. The fourth-order valence-electron chi connectivity index (χ4n) is 5.78. The lowest BCUT2D eigenvalue weighted by Gasteiger charge is -2.43. The highest BCUT2D eigenvalue weighted by Gasteiger charge is 2.41. The number of aryl methyl sites for hydroxylation is 2. The van der Waals surface area contributed by atoms with Gasteiger partial charge in [-0.15, -0.1) is 0 Å². The van der Waals surface area contributed by atoms with Crippen molar-refractivity contribution in [1.82, 2.24) is 19.3 Å². The van der Waals surface area contributed by atoms with E-state index in [2.05, 4.69) is 59.8 Å². The monoisotopic (exact) mass is 538 g/mol. The maximum atomic E-state index is 13.5. The van der Waals surface area contributed by atoms with Gasteiger partial charge in [-0.3, -0.25) is 9.69 Å². The van der Waals surface area contributed by atoms with Crippen LogP contribution in [0.4, 0.5) is 0 Å². The number of aromatic nitrogens is 1. The van der Waals surface area contributed by atoms with E-state index in [4.69, 9.17) is 21.1 Å². The SMILES string of the molecule is CCc1cccc2c(CN3CCO[C@@](COc4ccc(Cl)cc4)(CC(=O)N4CCN(C)CC4)C3)cn(C)c12. The molecule has 0 N–H and O–H groups in total. The second kappa shape index (κ2) is 11.7. The molecule has 204 valence electrons. The lowest BCUT2D eigenvalue weighted by molar-refractivity contribution is -0.157. The number of rotatable bonds is 8. The van der Waals surface area contributed by atoms with Crippen LogP contribution in [0.15, 0.2) is 48.7 Å². The van der Waals surface area contributed by atoms with Gasteiger partial charge >= 0.3 is 0 Å². The largest absolute Gasteiger partial charge is 0.491 e. The van der Waals surface area contributed by atoms with E-state index in [0.717, 1.165) is 51.4 Å². The molecular weight excluding hydrogens is 500 g/mol. The Kier molecular flexibility index (Phi) is 8.29. The Hall–Kier alpha value is -2.58. The zero-order valence-electron chi connectivity index (χ0n) is 22.8. The van der Waals surface area contributed by atoms with Crippen LogP contribution in [0.3, 0.4) is 0 Å². The lowest BCUT2D eigenvalue weighted by Crippen LogP contribution is -2.58. The van der Waals surface area contributed by atoms with Crippen LogP contribution < -0.4 is 4.74 Å². The smallest absolute Gasteiger partial charge is 0.225 e. The summed E-state index contributed by atoms with van der Waals surface area (Å²) >= 11 is 6.07. The Balaban J connectivity index is 1.36. The standard InChI is InChI=1S/C30H39ClN4O3/c1-4-23-6-5-7-27-24(19-33(3)29(23)27)20-34-16-17-38-30(21-34,22-37-26-10-8-25(31)9-11-26)18-28(36)35-14-12-32(2)13-15-35/h5-11,19H,4,12-18,20-22H2,1-3H3/t30-/m0/s1. The number of halogens is 1. The van der Waals surface area contributed by atoms with E-state index in [0.29, 0.717) is 31.2 Å². The predicted molar refractivity (Wildman–Crippen MR) is 152 cm³/mol. The Bertz CT molecular complexity index is 1250. The van der Waals surface area contributed by atoms with E-state index >= 15 is 0 Å². The van der Waals surface area contributed by atoms with E-state index < -0.39 is 5.60 Å². The molecule has 8 heteroatoms. The van der Waals surface area contributed by atoms with E-state index in [1.807, 2.05) is 29.2 Å². The summed E-state index contributed by atoms with van der Waals surface area (Å²) in [6.07, 6.45) is 3.56. The molecule has 5 rings (SSSR count). The van der Waals surface area contributed by atoms with E-state index in [1.54, 1.807) is 0 Å². The van der Waals surface area contributed by atoms with Crippen molar-refractivity contribution in [3.05, 3.63) is 64.8 Å². The van der Waals surface area contributed by atoms with Crippen LogP contribution in [0.5, 0.6) is 5.75 Å². The van der Waals surface area contributed by atoms with Crippen molar-refractivity contribution in [3.8, 4) is 5.75 Å². The van der Waals surface area contributed by atoms with Crippen LogP contribution in [0, 0.1) is 0 Å². The Morgan fingerprint density at radius 2 is 1.79 bits per heavy atom. The van der Waals surface area contributed by atoms with Gasteiger partial charge in [0.15, 0.2) is 0 Å². The quantitative estimate of drug-likeness (QED) is 0.430. The molecule has 2 aliphatic rings. The second-order valence-electron chi connectivity index (χ2n) is 10.8. The first-order valence-corrected chi connectivity index (χ1v) is 14.0. The third-order valence-corrected chi connectivity index (χ3v) is 8.17. The highest BCUT2D eigenvalue weighted by atomic mass is 35.5. The van der Waals surface area contributed by atoms with Gasteiger partial charge in [0.1, 0.15) is 18.0 Å². The Labute approximate surface area is 230 Å². The summed E-state index contributed by atoms with van der Waals surface area (Å²) in [5.74, 6) is 0.861. The number of ether oxygens (including phenoxy) is 2. The van der Waals surface area contributed by atoms with Crippen LogP contribution in [0.2, 0.25) is 5.02 Å². The molecule has 2 aliphatic heterocycles. The van der Waals surface area contributed by atoms with Crippen molar-refractivity contribution in [1.29, 1.82) is 0 Å². The first kappa shape index (κ1) is 27.0. The van der Waals surface area contributed by atoms with Crippen LogP contribution >= 0.6 is 11.6 Å². The number of para-hydroxylation sites is 1. The van der Waals surface area contributed by atoms with Crippen molar-refractivity contribution >= 4 is 28.4 Å². The van der Waals surface area contributed by atoms with E-state index in [9.17, 15) is 4.79 Å². The van der Waals surface area contributed by atoms with Crippen LogP contribution in [-0.2, 0) is 29.5 Å². The molecule has 0 spiro atoms. The molecule has 2 fully saturated rings. The van der Waals surface area contributed by atoms with Gasteiger partial charge in [-0.25, -0.2) is 0 Å². The van der Waals surface area contributed by atoms with Gasteiger partial charge in [-0.05, 0) is 48.9 Å². The molecule has 0 aliphatic carbocycles. The molecule has 2 saturated heterocycles. The van der Waals surface area contributed by atoms with Crippen molar-refractivity contribution < 1.29 is 14.3 Å². The van der Waals surface area contributed by atoms with Gasteiger partial charge in [0, 0.05) is 69.5 Å². The minimum absolute atomic E-state index is 0.136. The maximum Gasteiger partial charge on any atom is 0.225 e. The molecule has 1 aromatic heterocycles. The number of carbonyl (C=O) groups is 1. The summed E-state index contributed by atoms with van der Waals surface area (Å²) in [4.78, 5) is 20.1. The highest BCUT2D eigenvalue weighted by Crippen LogP contribution is 2.30. The van der Waals surface area contributed by atoms with Crippen molar-refractivity contribution in [2.24, 2.45) is 7.05 Å². The second-order valence-corrected chi connectivity index (χ2v) is 11.2. The summed E-state index contributed by atoms with van der Waals surface area (Å²) in [7, 11) is 4.23. The number of hydrogen-bond donors (Lipinski definition) is 0. The molecule has 1 atom stereocenters. The number of nitrogens with zero attached hydrogens (tertiary/aromatic N) is 4. The minimum Gasteiger partial charge on any atom is -0.491 e. The number of hydrogen-bond acceptors (Lipinski definition) is 5. The van der Waals surface area contributed by atoms with Gasteiger partial charge in [0.2, 0.25) is 5.91 Å². The summed E-state index contributed by atoms with van der Waals surface area (Å²) in [5.41, 5.74) is 3.25. The average Bonchev–Trinajstić information content (AvgIpc) is 3.24. The summed E-state index contributed by atoms with van der Waals surface area (Å²) in [6, 6.07) is 13.9. The zero-order valence-corrected chi connectivity index (χ0v) is 23.5. The summed E-state index contributed by atoms with van der Waals surface area (Å²) in [5, 5.41) is 1.97. The third kappa shape index (κ3) is 6.01. The number of benzene rings is 2. The van der Waals surface area contributed by atoms with E-state index in [-0.39, 0.29) is 5.91 Å². The Morgan fingerprint density at radius 3 is 2.53 bits per heavy atom. The van der Waals surface area contributed by atoms with Gasteiger partial charge in [0.25, 0.3) is 0 Å². The van der Waals surface area contributed by atoms with Crippen LogP contribution in [-0.4, -0.2) is 90.3 Å². The minimum atomic E-state index is -0.725. The number of amides is 1. The molecule has 0 radical (unpaired) electrons. The Morgan fingerprint density at radius 1 is 1.03 bits per heavy atom. The normalized spacial score (nSPS) is 21.2. The molecule has 0 saturated carbocycles. The molecule has 0 unspecified atom stereocenters. The molecule has 2 aromatic carbocycles. The fraction of sp³-hybridized carbons (Fsp3) is 0.500. The van der Waals surface area contributed by atoms with E-state index in [1.165, 1.54) is 22.0 Å². The van der Waals surface area contributed by atoms with Crippen molar-refractivity contribution in [2.75, 3.05) is 59.5 Å². The zero-order chi connectivity index (χ0) is 26.7. The number of carbonyl (C=O) groups excluding carboxylic acids is 1. The van der Waals surface area contributed by atoms with Crippen molar-refractivity contribution in [2.45, 2.75) is 31.9 Å². The number of piperazine rings is 1. The summed E-state index contributed by atoms with van der Waals surface area (Å²) in [6.45, 7) is 8.62. The molecule has 3 heterocycles.